The Balaban J connectivity index is 1.82. The minimum atomic E-state index is -0.956. The second kappa shape index (κ2) is 6.01. The van der Waals surface area contributed by atoms with Crippen molar-refractivity contribution in [2.24, 2.45) is 5.92 Å². The van der Waals surface area contributed by atoms with Gasteiger partial charge in [0.2, 0.25) is 0 Å². The van der Waals surface area contributed by atoms with Crippen LogP contribution in [0, 0.1) is 5.92 Å². The van der Waals surface area contributed by atoms with Gasteiger partial charge in [-0.15, -0.1) is 11.3 Å². The number of methoxy groups -OCH3 is 1. The Morgan fingerprint density at radius 2 is 2.23 bits per heavy atom. The molecule has 1 aliphatic heterocycles. The predicted octanol–water partition coefficient (Wildman–Crippen LogP) is 2.19. The minimum Gasteiger partial charge on any atom is -0.480 e. The number of carbonyl (C=O) groups is 2. The van der Waals surface area contributed by atoms with E-state index < -0.39 is 12.0 Å². The molecule has 1 aromatic rings. The van der Waals surface area contributed by atoms with E-state index in [2.05, 4.69) is 6.92 Å². The van der Waals surface area contributed by atoms with Crippen molar-refractivity contribution in [3.8, 4) is 0 Å². The molecule has 1 aromatic heterocycles. The number of nitrogens with zero attached hydrogens (tertiary/aromatic N) is 1. The van der Waals surface area contributed by atoms with Crippen molar-refractivity contribution in [3.05, 3.63) is 21.4 Å². The van der Waals surface area contributed by atoms with E-state index in [1.54, 1.807) is 7.11 Å². The Hall–Kier alpha value is -1.40. The summed E-state index contributed by atoms with van der Waals surface area (Å²) in [6.45, 7) is 2.58. The van der Waals surface area contributed by atoms with Gasteiger partial charge in [0.15, 0.2) is 0 Å². The van der Waals surface area contributed by atoms with Crippen LogP contribution in [-0.4, -0.2) is 47.7 Å². The maximum absolute atomic E-state index is 12.7. The lowest BCUT2D eigenvalue weighted by molar-refractivity contribution is -0.141. The average molecular weight is 323 g/mol. The smallest absolute Gasteiger partial charge is 0.326 e. The molecule has 5 nitrogen and oxygen atoms in total. The molecule has 1 aliphatic carbocycles. The molecule has 3 rings (SSSR count). The molecule has 2 aliphatic rings. The molecule has 2 heterocycles. The lowest BCUT2D eigenvalue weighted by Gasteiger charge is -2.20. The van der Waals surface area contributed by atoms with Gasteiger partial charge in [-0.05, 0) is 36.8 Å². The number of aliphatic carboxylic acids is 1. The summed E-state index contributed by atoms with van der Waals surface area (Å²) in [7, 11) is 1.56. The van der Waals surface area contributed by atoms with E-state index >= 15 is 0 Å². The lowest BCUT2D eigenvalue weighted by Crippen LogP contribution is -2.40. The first-order chi connectivity index (χ1) is 10.5. The van der Waals surface area contributed by atoms with Crippen LogP contribution in [-0.2, 0) is 22.4 Å². The molecule has 0 bridgehead atoms. The number of hydrogen-bond donors (Lipinski definition) is 1. The van der Waals surface area contributed by atoms with Crippen LogP contribution in [0.2, 0.25) is 0 Å². The molecule has 0 radical (unpaired) electrons. The molecule has 6 heteroatoms. The summed E-state index contributed by atoms with van der Waals surface area (Å²) in [5.74, 6) is -0.469. The molecule has 1 saturated heterocycles. The van der Waals surface area contributed by atoms with Crippen molar-refractivity contribution in [3.63, 3.8) is 0 Å². The number of amides is 1. The van der Waals surface area contributed by atoms with Gasteiger partial charge in [0, 0.05) is 25.0 Å². The molecular formula is C16H21NO4S. The molecule has 120 valence electrons. The Morgan fingerprint density at radius 1 is 1.45 bits per heavy atom. The van der Waals surface area contributed by atoms with Crippen molar-refractivity contribution in [1.82, 2.24) is 4.90 Å². The first kappa shape index (κ1) is 15.5. The number of carboxylic acid groups (broad SMARTS) is 1. The quantitative estimate of drug-likeness (QED) is 0.926. The van der Waals surface area contributed by atoms with Gasteiger partial charge in [0.1, 0.15) is 6.04 Å². The standard InChI is InChI=1S/C16H21NO4S/c1-9-3-4-13-10(5-9)6-14(22-13)15(18)17-8-11(21-2)7-12(17)16(19)20/h6,9,11-12H,3-5,7-8H2,1-2H3,(H,19,20). The summed E-state index contributed by atoms with van der Waals surface area (Å²) in [5, 5.41) is 9.34. The highest BCUT2D eigenvalue weighted by atomic mass is 32.1. The third kappa shape index (κ3) is 2.77. The highest BCUT2D eigenvalue weighted by molar-refractivity contribution is 7.14. The molecule has 0 spiro atoms. The highest BCUT2D eigenvalue weighted by Gasteiger charge is 2.40. The van der Waals surface area contributed by atoms with Crippen LogP contribution in [0.1, 0.15) is 39.9 Å². The average Bonchev–Trinajstić information content (AvgIpc) is 3.09. The molecule has 1 fully saturated rings. The molecular weight excluding hydrogens is 302 g/mol. The second-order valence-corrected chi connectivity index (χ2v) is 7.45. The van der Waals surface area contributed by atoms with E-state index in [1.807, 2.05) is 6.07 Å². The topological polar surface area (TPSA) is 66.8 Å². The molecule has 3 atom stereocenters. The summed E-state index contributed by atoms with van der Waals surface area (Å²) >= 11 is 1.53. The van der Waals surface area contributed by atoms with Crippen molar-refractivity contribution < 1.29 is 19.4 Å². The van der Waals surface area contributed by atoms with Crippen LogP contribution in [0.4, 0.5) is 0 Å². The first-order valence-electron chi connectivity index (χ1n) is 7.67. The normalized spacial score (nSPS) is 27.7. The summed E-state index contributed by atoms with van der Waals surface area (Å²) in [5.41, 5.74) is 1.27. The zero-order valence-corrected chi connectivity index (χ0v) is 13.7. The summed E-state index contributed by atoms with van der Waals surface area (Å²) in [6.07, 6.45) is 3.37. The number of ether oxygens (including phenoxy) is 1. The zero-order chi connectivity index (χ0) is 15.9. The van der Waals surface area contributed by atoms with E-state index in [4.69, 9.17) is 4.74 Å². The van der Waals surface area contributed by atoms with Crippen LogP contribution < -0.4 is 0 Å². The summed E-state index contributed by atoms with van der Waals surface area (Å²) < 4.78 is 5.25. The minimum absolute atomic E-state index is 0.168. The van der Waals surface area contributed by atoms with E-state index in [0.717, 1.165) is 19.3 Å². The van der Waals surface area contributed by atoms with E-state index in [1.165, 1.54) is 26.7 Å². The van der Waals surface area contributed by atoms with Crippen LogP contribution in [0.25, 0.3) is 0 Å². The maximum atomic E-state index is 12.7. The van der Waals surface area contributed by atoms with E-state index in [9.17, 15) is 14.7 Å². The molecule has 3 unspecified atom stereocenters. The maximum Gasteiger partial charge on any atom is 0.326 e. The largest absolute Gasteiger partial charge is 0.480 e. The SMILES string of the molecule is COC1CC(C(=O)O)N(C(=O)c2cc3c(s2)CCC(C)C3)C1. The van der Waals surface area contributed by atoms with Crippen molar-refractivity contribution in [2.75, 3.05) is 13.7 Å². The molecule has 22 heavy (non-hydrogen) atoms. The van der Waals surface area contributed by atoms with Crippen molar-refractivity contribution in [2.45, 2.75) is 44.8 Å². The van der Waals surface area contributed by atoms with Gasteiger partial charge in [-0.1, -0.05) is 6.92 Å². The fourth-order valence-corrected chi connectivity index (χ4v) is 4.54. The number of aryl methyl sites for hydroxylation is 1. The number of hydrogen-bond acceptors (Lipinski definition) is 4. The molecule has 1 N–H and O–H groups in total. The highest BCUT2D eigenvalue weighted by Crippen LogP contribution is 2.34. The Morgan fingerprint density at radius 3 is 2.91 bits per heavy atom. The van der Waals surface area contributed by atoms with E-state index in [0.29, 0.717) is 23.8 Å². The van der Waals surface area contributed by atoms with Gasteiger partial charge < -0.3 is 14.7 Å². The van der Waals surface area contributed by atoms with Crippen LogP contribution in [0.3, 0.4) is 0 Å². The van der Waals surface area contributed by atoms with E-state index in [-0.39, 0.29) is 12.0 Å². The molecule has 0 saturated carbocycles. The van der Waals surface area contributed by atoms with Crippen molar-refractivity contribution >= 4 is 23.2 Å². The Kier molecular flexibility index (Phi) is 4.23. The lowest BCUT2D eigenvalue weighted by atomic mass is 9.90. The number of carbonyl (C=O) groups excluding carboxylic acids is 1. The third-order valence-corrected chi connectivity index (χ3v) is 5.91. The third-order valence-electron chi connectivity index (χ3n) is 4.68. The molecule has 1 amide bonds. The Labute approximate surface area is 133 Å². The van der Waals surface area contributed by atoms with Crippen LogP contribution >= 0.6 is 11.3 Å². The predicted molar refractivity (Wildman–Crippen MR) is 83.4 cm³/mol. The summed E-state index contributed by atoms with van der Waals surface area (Å²) in [4.78, 5) is 27.6. The fraction of sp³-hybridized carbons (Fsp3) is 0.625. The first-order valence-corrected chi connectivity index (χ1v) is 8.49. The number of fused-ring (bicyclic) bond motifs is 1. The molecule has 0 aromatic carbocycles. The monoisotopic (exact) mass is 323 g/mol. The number of carboxylic acids is 1. The van der Waals surface area contributed by atoms with Gasteiger partial charge in [0.05, 0.1) is 11.0 Å². The van der Waals surface area contributed by atoms with Gasteiger partial charge in [-0.25, -0.2) is 4.79 Å². The Bertz CT molecular complexity index is 597. The van der Waals surface area contributed by atoms with Crippen LogP contribution in [0.5, 0.6) is 0 Å². The number of likely N-dealkylation sites (tertiary alicyclic amines) is 1. The summed E-state index contributed by atoms with van der Waals surface area (Å²) in [6, 6.07) is 1.19. The zero-order valence-electron chi connectivity index (χ0n) is 12.9. The van der Waals surface area contributed by atoms with Gasteiger partial charge >= 0.3 is 5.97 Å². The van der Waals surface area contributed by atoms with Crippen LogP contribution in [0.15, 0.2) is 6.07 Å². The van der Waals surface area contributed by atoms with Gasteiger partial charge in [-0.3, -0.25) is 4.79 Å². The fourth-order valence-electron chi connectivity index (χ4n) is 3.38. The van der Waals surface area contributed by atoms with Crippen molar-refractivity contribution in [1.29, 1.82) is 0 Å². The number of rotatable bonds is 3. The number of thiophene rings is 1. The van der Waals surface area contributed by atoms with Gasteiger partial charge in [0.25, 0.3) is 5.91 Å². The second-order valence-electron chi connectivity index (χ2n) is 6.31. The van der Waals surface area contributed by atoms with Gasteiger partial charge in [-0.2, -0.15) is 0 Å².